The van der Waals surface area contributed by atoms with Crippen molar-refractivity contribution in [3.63, 3.8) is 0 Å². The average Bonchev–Trinajstić information content (AvgIpc) is 3.10. The minimum absolute atomic E-state index is 0.208. The van der Waals surface area contributed by atoms with Gasteiger partial charge in [-0.25, -0.2) is 4.68 Å². The summed E-state index contributed by atoms with van der Waals surface area (Å²) in [5.41, 5.74) is 1.41. The van der Waals surface area contributed by atoms with Gasteiger partial charge in [0.15, 0.2) is 0 Å². The second-order valence-electron chi connectivity index (χ2n) is 3.62. The highest BCUT2D eigenvalue weighted by atomic mass is 35.5. The number of hydrogen-bond donors (Lipinski definition) is 1. The molecule has 3 rings (SSSR count). The summed E-state index contributed by atoms with van der Waals surface area (Å²) in [7, 11) is 0. The molecule has 0 aliphatic carbocycles. The third kappa shape index (κ3) is 2.63. The normalized spacial score (nSPS) is 10.4. The van der Waals surface area contributed by atoms with Gasteiger partial charge >= 0.3 is 0 Å². The molecule has 8 nitrogen and oxygen atoms in total. The van der Waals surface area contributed by atoms with E-state index < -0.39 is 0 Å². The molecule has 20 heavy (non-hydrogen) atoms. The van der Waals surface area contributed by atoms with E-state index in [2.05, 4.69) is 31.0 Å². The molecule has 2 aromatic heterocycles. The van der Waals surface area contributed by atoms with Crippen molar-refractivity contribution in [1.82, 2.24) is 30.4 Å². The van der Waals surface area contributed by atoms with Gasteiger partial charge in [-0.15, -0.1) is 15.3 Å². The molecule has 0 spiro atoms. The number of rotatable bonds is 3. The van der Waals surface area contributed by atoms with Gasteiger partial charge < -0.3 is 5.32 Å². The highest BCUT2D eigenvalue weighted by molar-refractivity contribution is 7.17. The van der Waals surface area contributed by atoms with Gasteiger partial charge in [-0.3, -0.25) is 4.79 Å². The summed E-state index contributed by atoms with van der Waals surface area (Å²) in [5.74, 6) is -0.357. The van der Waals surface area contributed by atoms with Crippen molar-refractivity contribution in [2.75, 3.05) is 5.32 Å². The molecule has 0 atom stereocenters. The van der Waals surface area contributed by atoms with Gasteiger partial charge in [-0.2, -0.15) is 0 Å². The summed E-state index contributed by atoms with van der Waals surface area (Å²) in [6.45, 7) is 0. The molecule has 0 saturated carbocycles. The number of nitrogens with one attached hydrogen (secondary N) is 1. The first kappa shape index (κ1) is 12.6. The van der Waals surface area contributed by atoms with Crippen LogP contribution in [0.4, 0.5) is 5.69 Å². The molecule has 0 bridgehead atoms. The predicted octanol–water partition coefficient (Wildman–Crippen LogP) is 1.42. The predicted molar refractivity (Wildman–Crippen MR) is 72.0 cm³/mol. The van der Waals surface area contributed by atoms with Gasteiger partial charge in [0.2, 0.25) is 9.47 Å². The molecular formula is C10H6ClN7OS. The van der Waals surface area contributed by atoms with Crippen LogP contribution in [0.1, 0.15) is 9.80 Å². The zero-order chi connectivity index (χ0) is 13.9. The largest absolute Gasteiger partial charge is 0.320 e. The van der Waals surface area contributed by atoms with Crippen LogP contribution in [0.2, 0.25) is 4.47 Å². The number of tetrazole rings is 1. The Hall–Kier alpha value is -2.39. The number of anilines is 1. The van der Waals surface area contributed by atoms with E-state index in [-0.39, 0.29) is 15.4 Å². The number of carbonyl (C=O) groups excluding carboxylic acids is 1. The molecule has 1 aromatic carbocycles. The van der Waals surface area contributed by atoms with E-state index in [1.165, 1.54) is 11.0 Å². The average molecular weight is 308 g/mol. The van der Waals surface area contributed by atoms with E-state index in [0.29, 0.717) is 5.69 Å². The van der Waals surface area contributed by atoms with Crippen molar-refractivity contribution < 1.29 is 4.79 Å². The monoisotopic (exact) mass is 307 g/mol. The summed E-state index contributed by atoms with van der Waals surface area (Å²) in [4.78, 5) is 11.8. The molecule has 3 aromatic rings. The molecule has 0 saturated heterocycles. The van der Waals surface area contributed by atoms with Crippen LogP contribution in [0.25, 0.3) is 5.69 Å². The SMILES string of the molecule is O=C(Nc1ccc(-n2cnnn2)cc1)c1nnc(Cl)s1. The van der Waals surface area contributed by atoms with Gasteiger partial charge in [0.05, 0.1) is 5.69 Å². The standard InChI is InChI=1S/C10H6ClN7OS/c11-10-15-14-9(20-10)8(19)13-6-1-3-7(4-2-6)18-5-12-16-17-18/h1-5H,(H,13,19). The molecule has 0 aliphatic heterocycles. The van der Waals surface area contributed by atoms with Gasteiger partial charge in [0.1, 0.15) is 6.33 Å². The van der Waals surface area contributed by atoms with Gasteiger partial charge in [0, 0.05) is 5.69 Å². The van der Waals surface area contributed by atoms with Crippen LogP contribution in [0, 0.1) is 0 Å². The number of amides is 1. The summed E-state index contributed by atoms with van der Waals surface area (Å²) >= 11 is 6.65. The Bertz CT molecular complexity index is 724. The van der Waals surface area contributed by atoms with Crippen LogP contribution in [0.15, 0.2) is 30.6 Å². The molecular weight excluding hydrogens is 302 g/mol. The van der Waals surface area contributed by atoms with Crippen molar-refractivity contribution in [3.8, 4) is 5.69 Å². The van der Waals surface area contributed by atoms with Crippen LogP contribution < -0.4 is 5.32 Å². The van der Waals surface area contributed by atoms with Crippen LogP contribution >= 0.6 is 22.9 Å². The molecule has 100 valence electrons. The Morgan fingerprint density at radius 2 is 2.05 bits per heavy atom. The second kappa shape index (κ2) is 5.31. The minimum atomic E-state index is -0.357. The lowest BCUT2D eigenvalue weighted by Gasteiger charge is -2.04. The Balaban J connectivity index is 1.74. The zero-order valence-corrected chi connectivity index (χ0v) is 11.3. The number of aromatic nitrogens is 6. The van der Waals surface area contributed by atoms with Crippen molar-refractivity contribution in [2.45, 2.75) is 0 Å². The lowest BCUT2D eigenvalue weighted by Crippen LogP contribution is -2.11. The van der Waals surface area contributed by atoms with Crippen molar-refractivity contribution in [3.05, 3.63) is 40.1 Å². The molecule has 10 heteroatoms. The third-order valence-electron chi connectivity index (χ3n) is 2.33. The number of hydrogen-bond acceptors (Lipinski definition) is 7. The van der Waals surface area contributed by atoms with Gasteiger partial charge in [-0.05, 0) is 46.3 Å². The Kier molecular flexibility index (Phi) is 3.35. The smallest absolute Gasteiger partial charge is 0.286 e. The molecule has 1 N–H and O–H groups in total. The summed E-state index contributed by atoms with van der Waals surface area (Å²) in [6.07, 6.45) is 1.48. The minimum Gasteiger partial charge on any atom is -0.320 e. The van der Waals surface area contributed by atoms with E-state index in [9.17, 15) is 4.79 Å². The first-order chi connectivity index (χ1) is 9.72. The van der Waals surface area contributed by atoms with Gasteiger partial charge in [0.25, 0.3) is 5.91 Å². The van der Waals surface area contributed by atoms with Crippen molar-refractivity contribution >= 4 is 34.5 Å². The van der Waals surface area contributed by atoms with Crippen LogP contribution in [0.5, 0.6) is 0 Å². The zero-order valence-electron chi connectivity index (χ0n) is 9.76. The van der Waals surface area contributed by atoms with E-state index in [4.69, 9.17) is 11.6 Å². The van der Waals surface area contributed by atoms with Crippen molar-refractivity contribution in [2.24, 2.45) is 0 Å². The molecule has 0 radical (unpaired) electrons. The van der Waals surface area contributed by atoms with E-state index >= 15 is 0 Å². The number of nitrogens with zero attached hydrogens (tertiary/aromatic N) is 6. The van der Waals surface area contributed by atoms with E-state index in [1.807, 2.05) is 0 Å². The number of halogens is 1. The lowest BCUT2D eigenvalue weighted by molar-refractivity contribution is 0.102. The van der Waals surface area contributed by atoms with Gasteiger partial charge in [-0.1, -0.05) is 11.3 Å². The Morgan fingerprint density at radius 1 is 1.25 bits per heavy atom. The summed E-state index contributed by atoms with van der Waals surface area (Å²) in [5, 5.41) is 21.0. The quantitative estimate of drug-likeness (QED) is 0.785. The maximum Gasteiger partial charge on any atom is 0.286 e. The second-order valence-corrected chi connectivity index (χ2v) is 5.18. The molecule has 2 heterocycles. The van der Waals surface area contributed by atoms with Crippen molar-refractivity contribution in [1.29, 1.82) is 0 Å². The maximum absolute atomic E-state index is 11.8. The fraction of sp³-hybridized carbons (Fsp3) is 0. The molecule has 1 amide bonds. The highest BCUT2D eigenvalue weighted by Crippen LogP contribution is 2.17. The summed E-state index contributed by atoms with van der Waals surface area (Å²) in [6, 6.07) is 7.02. The molecule has 0 unspecified atom stereocenters. The number of benzene rings is 1. The fourth-order valence-corrected chi connectivity index (χ4v) is 2.18. The molecule has 0 fully saturated rings. The fourth-order valence-electron chi connectivity index (χ4n) is 1.46. The topological polar surface area (TPSA) is 98.5 Å². The number of carbonyl (C=O) groups is 1. The van der Waals surface area contributed by atoms with E-state index in [0.717, 1.165) is 17.0 Å². The van der Waals surface area contributed by atoms with Crippen LogP contribution in [-0.2, 0) is 0 Å². The first-order valence-corrected chi connectivity index (χ1v) is 6.55. The highest BCUT2D eigenvalue weighted by Gasteiger charge is 2.12. The third-order valence-corrected chi connectivity index (χ3v) is 3.35. The molecule has 0 aliphatic rings. The van der Waals surface area contributed by atoms with Crippen LogP contribution in [0.3, 0.4) is 0 Å². The summed E-state index contributed by atoms with van der Waals surface area (Å²) < 4.78 is 1.74. The first-order valence-electron chi connectivity index (χ1n) is 5.36. The Morgan fingerprint density at radius 3 is 2.65 bits per heavy atom. The Labute approximate surface area is 121 Å². The maximum atomic E-state index is 11.8. The van der Waals surface area contributed by atoms with E-state index in [1.54, 1.807) is 24.3 Å². The lowest BCUT2D eigenvalue weighted by atomic mass is 10.3. The van der Waals surface area contributed by atoms with Crippen LogP contribution in [-0.4, -0.2) is 36.3 Å².